The van der Waals surface area contributed by atoms with Crippen LogP contribution in [0.25, 0.3) is 0 Å². The molecule has 0 saturated carbocycles. The van der Waals surface area contributed by atoms with Gasteiger partial charge in [-0.25, -0.2) is 4.39 Å². The summed E-state index contributed by atoms with van der Waals surface area (Å²) >= 11 is 5.96. The van der Waals surface area contributed by atoms with Crippen molar-refractivity contribution in [1.82, 2.24) is 10.2 Å². The van der Waals surface area contributed by atoms with Gasteiger partial charge in [-0.05, 0) is 56.3 Å². The summed E-state index contributed by atoms with van der Waals surface area (Å²) in [6, 6.07) is 7.54. The zero-order chi connectivity index (χ0) is 16.9. The maximum Gasteiger partial charge on any atom is 0.252 e. The zero-order valence-corrected chi connectivity index (χ0v) is 14.1. The molecule has 3 rings (SSSR count). The van der Waals surface area contributed by atoms with E-state index in [2.05, 4.69) is 10.2 Å². The van der Waals surface area contributed by atoms with Crippen LogP contribution < -0.4 is 5.32 Å². The van der Waals surface area contributed by atoms with Gasteiger partial charge in [0.2, 0.25) is 0 Å². The van der Waals surface area contributed by atoms with Crippen molar-refractivity contribution in [3.05, 3.63) is 58.8 Å². The summed E-state index contributed by atoms with van der Waals surface area (Å²) in [6.45, 7) is 2.39. The van der Waals surface area contributed by atoms with E-state index in [1.165, 1.54) is 18.6 Å². The number of nitrogens with one attached hydrogen (secondary N) is 1. The van der Waals surface area contributed by atoms with Crippen LogP contribution in [0.2, 0.25) is 5.02 Å². The van der Waals surface area contributed by atoms with Crippen LogP contribution in [-0.2, 0) is 0 Å². The Morgan fingerprint density at radius 3 is 2.75 bits per heavy atom. The molecule has 1 N–H and O–H groups in total. The molecular weight excluding hydrogens is 331 g/mol. The summed E-state index contributed by atoms with van der Waals surface area (Å²) in [5.41, 5.74) is 0.273. The number of carbonyl (C=O) groups is 1. The van der Waals surface area contributed by atoms with E-state index in [0.29, 0.717) is 6.54 Å². The maximum atomic E-state index is 13.1. The van der Waals surface area contributed by atoms with E-state index in [-0.39, 0.29) is 22.5 Å². The Balaban J connectivity index is 1.70. The highest BCUT2D eigenvalue weighted by Crippen LogP contribution is 2.25. The average molecular weight is 351 g/mol. The molecule has 1 amide bonds. The lowest BCUT2D eigenvalue weighted by Crippen LogP contribution is -2.40. The molecule has 0 spiro atoms. The maximum absolute atomic E-state index is 13.1. The first-order valence-electron chi connectivity index (χ1n) is 8.16. The molecule has 4 nitrogen and oxygen atoms in total. The van der Waals surface area contributed by atoms with Crippen LogP contribution in [0.4, 0.5) is 4.39 Å². The lowest BCUT2D eigenvalue weighted by molar-refractivity contribution is 0.0914. The normalized spacial score (nSPS) is 16.8. The fourth-order valence-corrected chi connectivity index (χ4v) is 3.33. The van der Waals surface area contributed by atoms with E-state index in [1.807, 2.05) is 12.1 Å². The van der Waals surface area contributed by atoms with Gasteiger partial charge >= 0.3 is 0 Å². The van der Waals surface area contributed by atoms with E-state index < -0.39 is 5.82 Å². The molecule has 1 unspecified atom stereocenters. The number of carbonyl (C=O) groups excluding carboxylic acids is 1. The molecule has 24 heavy (non-hydrogen) atoms. The fraction of sp³-hybridized carbons (Fsp3) is 0.389. The van der Waals surface area contributed by atoms with Crippen LogP contribution in [0.1, 0.15) is 41.4 Å². The van der Waals surface area contributed by atoms with Crippen molar-refractivity contribution >= 4 is 17.5 Å². The predicted molar refractivity (Wildman–Crippen MR) is 90.6 cm³/mol. The predicted octanol–water partition coefficient (Wildman–Crippen LogP) is 4.03. The van der Waals surface area contributed by atoms with E-state index >= 15 is 0 Å². The second kappa shape index (κ2) is 7.81. The van der Waals surface area contributed by atoms with Gasteiger partial charge in [0.1, 0.15) is 11.6 Å². The highest BCUT2D eigenvalue weighted by molar-refractivity contribution is 6.33. The number of amides is 1. The Hall–Kier alpha value is -1.85. The molecule has 1 aromatic heterocycles. The first-order valence-corrected chi connectivity index (χ1v) is 8.53. The summed E-state index contributed by atoms with van der Waals surface area (Å²) in [7, 11) is 0. The molecule has 2 aromatic rings. The first-order chi connectivity index (χ1) is 11.6. The standard InChI is InChI=1S/C18H20ClFN2O2/c19-15-11-13(20)6-7-14(15)18(23)21-12-16(17-5-4-10-24-17)22-8-2-1-3-9-22/h4-7,10-11,16H,1-3,8-9,12H2,(H,21,23). The molecule has 1 aromatic carbocycles. The number of halogens is 2. The molecule has 0 bridgehead atoms. The molecule has 1 aliphatic rings. The van der Waals surface area contributed by atoms with Crippen LogP contribution in [-0.4, -0.2) is 30.4 Å². The van der Waals surface area contributed by atoms with Gasteiger partial charge in [-0.15, -0.1) is 0 Å². The quantitative estimate of drug-likeness (QED) is 0.885. The molecule has 1 atom stereocenters. The van der Waals surface area contributed by atoms with E-state index in [9.17, 15) is 9.18 Å². The molecule has 1 aliphatic heterocycles. The number of hydrogen-bond donors (Lipinski definition) is 1. The van der Waals surface area contributed by atoms with Crippen LogP contribution in [0.5, 0.6) is 0 Å². The zero-order valence-electron chi connectivity index (χ0n) is 13.3. The van der Waals surface area contributed by atoms with Crippen LogP contribution in [0.15, 0.2) is 41.0 Å². The minimum absolute atomic E-state index is 0.0107. The number of benzene rings is 1. The highest BCUT2D eigenvalue weighted by Gasteiger charge is 2.25. The third-order valence-corrected chi connectivity index (χ3v) is 4.65. The number of rotatable bonds is 5. The van der Waals surface area contributed by atoms with Gasteiger partial charge in [-0.1, -0.05) is 18.0 Å². The highest BCUT2D eigenvalue weighted by atomic mass is 35.5. The fourth-order valence-electron chi connectivity index (χ4n) is 3.08. The Kier molecular flexibility index (Phi) is 5.53. The van der Waals surface area contributed by atoms with E-state index in [4.69, 9.17) is 16.0 Å². The second-order valence-corrected chi connectivity index (χ2v) is 6.37. The van der Waals surface area contributed by atoms with Crippen molar-refractivity contribution in [1.29, 1.82) is 0 Å². The van der Waals surface area contributed by atoms with Gasteiger partial charge < -0.3 is 9.73 Å². The first kappa shape index (κ1) is 17.0. The van der Waals surface area contributed by atoms with Crippen molar-refractivity contribution in [3.8, 4) is 0 Å². The van der Waals surface area contributed by atoms with Gasteiger partial charge in [0.15, 0.2) is 0 Å². The van der Waals surface area contributed by atoms with Crippen LogP contribution in [0, 0.1) is 5.82 Å². The van der Waals surface area contributed by atoms with Crippen LogP contribution >= 0.6 is 11.6 Å². The number of nitrogens with zero attached hydrogens (tertiary/aromatic N) is 1. The number of piperidine rings is 1. The Labute approximate surface area is 145 Å². The van der Waals surface area contributed by atoms with Gasteiger partial charge in [0.05, 0.1) is 22.9 Å². The molecule has 2 heterocycles. The lowest BCUT2D eigenvalue weighted by Gasteiger charge is -2.33. The molecule has 0 radical (unpaired) electrons. The van der Waals surface area contributed by atoms with Gasteiger partial charge in [0, 0.05) is 6.54 Å². The van der Waals surface area contributed by atoms with Gasteiger partial charge in [-0.3, -0.25) is 9.69 Å². The second-order valence-electron chi connectivity index (χ2n) is 5.96. The molecule has 1 saturated heterocycles. The lowest BCUT2D eigenvalue weighted by atomic mass is 10.1. The summed E-state index contributed by atoms with van der Waals surface area (Å²) in [5.74, 6) is 0.0642. The van der Waals surface area contributed by atoms with Crippen molar-refractivity contribution in [2.75, 3.05) is 19.6 Å². The average Bonchev–Trinajstić information content (AvgIpc) is 3.10. The summed E-state index contributed by atoms with van der Waals surface area (Å²) in [5, 5.41) is 3.01. The van der Waals surface area contributed by atoms with E-state index in [0.717, 1.165) is 37.8 Å². The minimum Gasteiger partial charge on any atom is -0.468 e. The molecular formula is C18H20ClFN2O2. The summed E-state index contributed by atoms with van der Waals surface area (Å²) < 4.78 is 18.7. The Morgan fingerprint density at radius 2 is 2.08 bits per heavy atom. The van der Waals surface area contributed by atoms with Gasteiger partial charge in [-0.2, -0.15) is 0 Å². The monoisotopic (exact) mass is 350 g/mol. The molecule has 0 aliphatic carbocycles. The SMILES string of the molecule is O=C(NCC(c1ccco1)N1CCCCC1)c1ccc(F)cc1Cl. The third kappa shape index (κ3) is 3.97. The van der Waals surface area contributed by atoms with Crippen LogP contribution in [0.3, 0.4) is 0 Å². The molecule has 128 valence electrons. The largest absolute Gasteiger partial charge is 0.468 e. The Bertz CT molecular complexity index is 684. The Morgan fingerprint density at radius 1 is 1.29 bits per heavy atom. The smallest absolute Gasteiger partial charge is 0.252 e. The topological polar surface area (TPSA) is 45.5 Å². The van der Waals surface area contributed by atoms with Crippen molar-refractivity contribution in [3.63, 3.8) is 0 Å². The number of likely N-dealkylation sites (tertiary alicyclic amines) is 1. The minimum atomic E-state index is -0.460. The van der Waals surface area contributed by atoms with Crippen molar-refractivity contribution in [2.24, 2.45) is 0 Å². The van der Waals surface area contributed by atoms with Crippen molar-refractivity contribution in [2.45, 2.75) is 25.3 Å². The number of hydrogen-bond acceptors (Lipinski definition) is 3. The number of furan rings is 1. The summed E-state index contributed by atoms with van der Waals surface area (Å²) in [6.07, 6.45) is 5.17. The third-order valence-electron chi connectivity index (χ3n) is 4.33. The molecule has 6 heteroatoms. The summed E-state index contributed by atoms with van der Waals surface area (Å²) in [4.78, 5) is 14.7. The van der Waals surface area contributed by atoms with Crippen molar-refractivity contribution < 1.29 is 13.6 Å². The molecule has 1 fully saturated rings. The van der Waals surface area contributed by atoms with E-state index in [1.54, 1.807) is 6.26 Å². The van der Waals surface area contributed by atoms with Gasteiger partial charge in [0.25, 0.3) is 5.91 Å².